The summed E-state index contributed by atoms with van der Waals surface area (Å²) in [7, 11) is 0. The van der Waals surface area contributed by atoms with Crippen LogP contribution in [0.15, 0.2) is 4.42 Å². The van der Waals surface area contributed by atoms with E-state index in [1.807, 2.05) is 0 Å². The number of hydrogen-bond acceptors (Lipinski definition) is 4. The molecule has 1 saturated heterocycles. The minimum absolute atomic E-state index is 0.0151. The maximum absolute atomic E-state index is 5.38. The highest BCUT2D eigenvalue weighted by atomic mass is 16.5. The van der Waals surface area contributed by atoms with Gasteiger partial charge in [0.25, 0.3) is 0 Å². The first-order valence-electron chi connectivity index (χ1n) is 4.15. The second-order valence-corrected chi connectivity index (χ2v) is 3.25. The Hall–Kier alpha value is -0.900. The van der Waals surface area contributed by atoms with E-state index in [2.05, 4.69) is 17.1 Å². The zero-order chi connectivity index (χ0) is 8.60. The molecule has 0 saturated carbocycles. The summed E-state index contributed by atoms with van der Waals surface area (Å²) in [6.45, 7) is 5.34. The molecule has 0 aliphatic carbocycles. The molecule has 1 aliphatic rings. The van der Waals surface area contributed by atoms with Crippen molar-refractivity contribution in [2.45, 2.75) is 25.7 Å². The van der Waals surface area contributed by atoms with Crippen LogP contribution in [0.4, 0.5) is 0 Å². The van der Waals surface area contributed by atoms with E-state index in [1.54, 1.807) is 6.92 Å². The van der Waals surface area contributed by atoms with Gasteiger partial charge in [-0.25, -0.2) is 0 Å². The van der Waals surface area contributed by atoms with Crippen LogP contribution < -0.4 is 0 Å². The van der Waals surface area contributed by atoms with Gasteiger partial charge in [-0.3, -0.25) is 0 Å². The number of rotatable bonds is 2. The lowest BCUT2D eigenvalue weighted by molar-refractivity contribution is -0.0748. The predicted octanol–water partition coefficient (Wildman–Crippen LogP) is 1.06. The standard InChI is InChI=1S/C8H12N2O2/c1-3-8(4-11-5-8)7-10-9-6(2)12-7/h3-5H2,1-2H3. The highest BCUT2D eigenvalue weighted by Gasteiger charge is 2.43. The van der Waals surface area contributed by atoms with Crippen LogP contribution in [-0.2, 0) is 10.2 Å². The van der Waals surface area contributed by atoms with E-state index in [-0.39, 0.29) is 5.41 Å². The fourth-order valence-corrected chi connectivity index (χ4v) is 1.34. The Kier molecular flexibility index (Phi) is 1.65. The first-order chi connectivity index (χ1) is 5.77. The van der Waals surface area contributed by atoms with Gasteiger partial charge in [-0.15, -0.1) is 10.2 Å². The summed E-state index contributed by atoms with van der Waals surface area (Å²) in [4.78, 5) is 0. The molecule has 4 nitrogen and oxygen atoms in total. The molecule has 1 fully saturated rings. The number of nitrogens with zero attached hydrogens (tertiary/aromatic N) is 2. The molecule has 4 heteroatoms. The van der Waals surface area contributed by atoms with E-state index >= 15 is 0 Å². The van der Waals surface area contributed by atoms with Crippen LogP contribution in [0.1, 0.15) is 25.1 Å². The second kappa shape index (κ2) is 2.55. The van der Waals surface area contributed by atoms with Gasteiger partial charge in [-0.1, -0.05) is 6.92 Å². The van der Waals surface area contributed by atoms with E-state index in [1.165, 1.54) is 0 Å². The molecule has 0 unspecified atom stereocenters. The Balaban J connectivity index is 2.27. The van der Waals surface area contributed by atoms with Gasteiger partial charge >= 0.3 is 0 Å². The van der Waals surface area contributed by atoms with Crippen LogP contribution in [0.5, 0.6) is 0 Å². The number of aryl methyl sites for hydroxylation is 1. The van der Waals surface area contributed by atoms with Gasteiger partial charge in [-0.05, 0) is 6.42 Å². The monoisotopic (exact) mass is 168 g/mol. The van der Waals surface area contributed by atoms with Crippen LogP contribution in [-0.4, -0.2) is 23.4 Å². The molecule has 1 aromatic heterocycles. The lowest BCUT2D eigenvalue weighted by atomic mass is 9.83. The van der Waals surface area contributed by atoms with E-state index in [0.29, 0.717) is 19.1 Å². The Labute approximate surface area is 70.9 Å². The molecule has 0 spiro atoms. The normalized spacial score (nSPS) is 20.5. The van der Waals surface area contributed by atoms with E-state index in [4.69, 9.17) is 9.15 Å². The van der Waals surface area contributed by atoms with E-state index in [0.717, 1.165) is 12.3 Å². The highest BCUT2D eigenvalue weighted by molar-refractivity contribution is 5.08. The fourth-order valence-electron chi connectivity index (χ4n) is 1.34. The van der Waals surface area contributed by atoms with Crippen molar-refractivity contribution < 1.29 is 9.15 Å². The Morgan fingerprint density at radius 3 is 2.50 bits per heavy atom. The van der Waals surface area contributed by atoms with Gasteiger partial charge < -0.3 is 9.15 Å². The summed E-state index contributed by atoms with van der Waals surface area (Å²) in [5, 5.41) is 7.82. The molecule has 0 aromatic carbocycles. The minimum Gasteiger partial charge on any atom is -0.425 e. The van der Waals surface area contributed by atoms with Crippen LogP contribution in [0.25, 0.3) is 0 Å². The van der Waals surface area contributed by atoms with Crippen molar-refractivity contribution in [3.8, 4) is 0 Å². The SMILES string of the molecule is CCC1(c2nnc(C)o2)COC1. The molecule has 0 bridgehead atoms. The third kappa shape index (κ3) is 0.948. The van der Waals surface area contributed by atoms with E-state index in [9.17, 15) is 0 Å². The third-order valence-corrected chi connectivity index (χ3v) is 2.41. The van der Waals surface area contributed by atoms with Crippen LogP contribution in [0, 0.1) is 6.92 Å². The van der Waals surface area contributed by atoms with Crippen molar-refractivity contribution in [2.75, 3.05) is 13.2 Å². The molecule has 66 valence electrons. The van der Waals surface area contributed by atoms with E-state index < -0.39 is 0 Å². The minimum atomic E-state index is 0.0151. The fraction of sp³-hybridized carbons (Fsp3) is 0.750. The van der Waals surface area contributed by atoms with Crippen molar-refractivity contribution in [3.63, 3.8) is 0 Å². The average Bonchev–Trinajstić information content (AvgIpc) is 2.35. The number of ether oxygens (including phenoxy) is 1. The van der Waals surface area contributed by atoms with Crippen LogP contribution in [0.3, 0.4) is 0 Å². The number of aromatic nitrogens is 2. The molecular weight excluding hydrogens is 156 g/mol. The molecule has 0 atom stereocenters. The maximum Gasteiger partial charge on any atom is 0.227 e. The molecular formula is C8H12N2O2. The molecule has 1 aliphatic heterocycles. The molecule has 0 radical (unpaired) electrons. The van der Waals surface area contributed by atoms with Gasteiger partial charge in [-0.2, -0.15) is 0 Å². The van der Waals surface area contributed by atoms with Crippen molar-refractivity contribution >= 4 is 0 Å². The Morgan fingerprint density at radius 2 is 2.17 bits per heavy atom. The zero-order valence-corrected chi connectivity index (χ0v) is 7.33. The van der Waals surface area contributed by atoms with Gasteiger partial charge in [0.2, 0.25) is 11.8 Å². The van der Waals surface area contributed by atoms with Crippen molar-refractivity contribution in [3.05, 3.63) is 11.8 Å². The van der Waals surface area contributed by atoms with Gasteiger partial charge in [0.05, 0.1) is 18.6 Å². The first kappa shape index (κ1) is 7.73. The summed E-state index contributed by atoms with van der Waals surface area (Å²) in [5.41, 5.74) is 0.0151. The molecule has 0 amide bonds. The molecule has 2 heterocycles. The topological polar surface area (TPSA) is 48.2 Å². The van der Waals surface area contributed by atoms with Crippen LogP contribution >= 0.6 is 0 Å². The molecule has 12 heavy (non-hydrogen) atoms. The van der Waals surface area contributed by atoms with Gasteiger partial charge in [0.1, 0.15) is 0 Å². The predicted molar refractivity (Wildman–Crippen MR) is 41.8 cm³/mol. The van der Waals surface area contributed by atoms with Crippen molar-refractivity contribution in [2.24, 2.45) is 0 Å². The Bertz CT molecular complexity index is 273. The second-order valence-electron chi connectivity index (χ2n) is 3.25. The Morgan fingerprint density at radius 1 is 1.42 bits per heavy atom. The molecule has 2 rings (SSSR count). The average molecular weight is 168 g/mol. The quantitative estimate of drug-likeness (QED) is 0.662. The largest absolute Gasteiger partial charge is 0.425 e. The summed E-state index contributed by atoms with van der Waals surface area (Å²) >= 11 is 0. The summed E-state index contributed by atoms with van der Waals surface area (Å²) in [5.74, 6) is 1.36. The highest BCUT2D eigenvalue weighted by Crippen LogP contribution is 2.34. The smallest absolute Gasteiger partial charge is 0.227 e. The summed E-state index contributed by atoms with van der Waals surface area (Å²) < 4.78 is 10.5. The van der Waals surface area contributed by atoms with Crippen LogP contribution in [0.2, 0.25) is 0 Å². The van der Waals surface area contributed by atoms with Crippen molar-refractivity contribution in [1.82, 2.24) is 10.2 Å². The molecule has 0 N–H and O–H groups in total. The zero-order valence-electron chi connectivity index (χ0n) is 7.33. The molecule has 1 aromatic rings. The summed E-state index contributed by atoms with van der Waals surface area (Å²) in [6.07, 6.45) is 0.995. The lowest BCUT2D eigenvalue weighted by Crippen LogP contribution is -2.46. The first-order valence-corrected chi connectivity index (χ1v) is 4.15. The van der Waals surface area contributed by atoms with Crippen molar-refractivity contribution in [1.29, 1.82) is 0 Å². The van der Waals surface area contributed by atoms with Gasteiger partial charge in [0, 0.05) is 6.92 Å². The maximum atomic E-state index is 5.38. The summed E-state index contributed by atoms with van der Waals surface area (Å²) in [6, 6.07) is 0. The number of hydrogen-bond donors (Lipinski definition) is 0. The van der Waals surface area contributed by atoms with Gasteiger partial charge in [0.15, 0.2) is 0 Å². The lowest BCUT2D eigenvalue weighted by Gasteiger charge is -2.37. The third-order valence-electron chi connectivity index (χ3n) is 2.41.